The molecule has 0 fully saturated rings. The summed E-state index contributed by atoms with van der Waals surface area (Å²) in [5, 5.41) is 0.551. The lowest BCUT2D eigenvalue weighted by Gasteiger charge is -2.10. The molecule has 2 aromatic rings. The van der Waals surface area contributed by atoms with Crippen molar-refractivity contribution in [1.29, 1.82) is 0 Å². The third kappa shape index (κ3) is 6.16. The van der Waals surface area contributed by atoms with Gasteiger partial charge in [0.2, 0.25) is 0 Å². The Morgan fingerprint density at radius 3 is 2.33 bits per heavy atom. The molecule has 0 unspecified atom stereocenters. The fourth-order valence-corrected chi connectivity index (χ4v) is 2.45. The van der Waals surface area contributed by atoms with E-state index in [1.165, 1.54) is 42.5 Å². The van der Waals surface area contributed by atoms with Crippen molar-refractivity contribution in [2.24, 2.45) is 0 Å². The highest BCUT2D eigenvalue weighted by atomic mass is 35.5. The fraction of sp³-hybridized carbons (Fsp3) is 0.167. The van der Waals surface area contributed by atoms with Crippen molar-refractivity contribution in [2.75, 3.05) is 13.2 Å². The highest BCUT2D eigenvalue weighted by molar-refractivity contribution is 6.36. The Labute approximate surface area is 165 Å². The van der Waals surface area contributed by atoms with Crippen molar-refractivity contribution in [1.82, 2.24) is 10.9 Å². The molecular formula is C18H16Cl2N2O5. The van der Waals surface area contributed by atoms with Gasteiger partial charge < -0.3 is 9.47 Å². The van der Waals surface area contributed by atoms with E-state index >= 15 is 0 Å². The first-order valence-electron chi connectivity index (χ1n) is 7.85. The minimum Gasteiger partial charge on any atom is -0.484 e. The topological polar surface area (TPSA) is 93.7 Å². The number of hydrogen-bond acceptors (Lipinski definition) is 5. The van der Waals surface area contributed by atoms with Gasteiger partial charge in [0.15, 0.2) is 6.61 Å². The van der Waals surface area contributed by atoms with Crippen LogP contribution in [-0.2, 0) is 9.53 Å². The largest absolute Gasteiger partial charge is 0.484 e. The predicted molar refractivity (Wildman–Crippen MR) is 100.0 cm³/mol. The molecular weight excluding hydrogens is 395 g/mol. The number of amides is 2. The first kappa shape index (κ1) is 20.5. The molecule has 0 atom stereocenters. The molecule has 0 spiro atoms. The normalized spacial score (nSPS) is 10.0. The van der Waals surface area contributed by atoms with E-state index in [4.69, 9.17) is 32.7 Å². The molecule has 2 aromatic carbocycles. The van der Waals surface area contributed by atoms with Crippen LogP contribution in [-0.4, -0.2) is 31.0 Å². The number of benzene rings is 2. The van der Waals surface area contributed by atoms with Crippen LogP contribution in [0, 0.1) is 0 Å². The van der Waals surface area contributed by atoms with Gasteiger partial charge in [-0.1, -0.05) is 23.2 Å². The average Bonchev–Trinajstić information content (AvgIpc) is 2.65. The molecule has 9 heteroatoms. The number of ether oxygens (including phenoxy) is 2. The fourth-order valence-electron chi connectivity index (χ4n) is 1.95. The van der Waals surface area contributed by atoms with Crippen LogP contribution >= 0.6 is 23.2 Å². The number of hydrogen-bond donors (Lipinski definition) is 2. The van der Waals surface area contributed by atoms with Crippen molar-refractivity contribution in [2.45, 2.75) is 6.92 Å². The zero-order valence-electron chi connectivity index (χ0n) is 14.3. The van der Waals surface area contributed by atoms with E-state index in [9.17, 15) is 14.4 Å². The van der Waals surface area contributed by atoms with Gasteiger partial charge in [-0.15, -0.1) is 0 Å². The second-order valence-corrected chi connectivity index (χ2v) is 6.00. The quantitative estimate of drug-likeness (QED) is 0.563. The van der Waals surface area contributed by atoms with E-state index in [1.54, 1.807) is 6.92 Å². The van der Waals surface area contributed by atoms with Crippen LogP contribution < -0.4 is 15.6 Å². The summed E-state index contributed by atoms with van der Waals surface area (Å²) in [5.74, 6) is -1.23. The van der Waals surface area contributed by atoms with Gasteiger partial charge in [0.05, 0.1) is 22.8 Å². The lowest BCUT2D eigenvalue weighted by Crippen LogP contribution is -2.43. The summed E-state index contributed by atoms with van der Waals surface area (Å²) in [7, 11) is 0. The van der Waals surface area contributed by atoms with Gasteiger partial charge >= 0.3 is 5.97 Å². The highest BCUT2D eigenvalue weighted by Gasteiger charge is 2.12. The van der Waals surface area contributed by atoms with E-state index in [-0.39, 0.29) is 23.8 Å². The zero-order chi connectivity index (χ0) is 19.8. The van der Waals surface area contributed by atoms with Crippen molar-refractivity contribution in [3.05, 3.63) is 63.6 Å². The molecule has 2 amide bonds. The summed E-state index contributed by atoms with van der Waals surface area (Å²) in [6, 6.07) is 10.5. The summed E-state index contributed by atoms with van der Waals surface area (Å²) >= 11 is 11.7. The Morgan fingerprint density at radius 2 is 1.70 bits per heavy atom. The van der Waals surface area contributed by atoms with Gasteiger partial charge in [0.25, 0.3) is 11.8 Å². The monoisotopic (exact) mass is 410 g/mol. The first-order chi connectivity index (χ1) is 12.9. The Morgan fingerprint density at radius 1 is 1.00 bits per heavy atom. The van der Waals surface area contributed by atoms with Gasteiger partial charge in [-0.3, -0.25) is 20.4 Å². The molecule has 0 saturated carbocycles. The maximum absolute atomic E-state index is 12.0. The molecule has 0 radical (unpaired) electrons. The minimum absolute atomic E-state index is 0.159. The molecule has 2 N–H and O–H groups in total. The van der Waals surface area contributed by atoms with Gasteiger partial charge in [-0.2, -0.15) is 0 Å². The van der Waals surface area contributed by atoms with Crippen molar-refractivity contribution >= 4 is 41.0 Å². The van der Waals surface area contributed by atoms with E-state index in [0.29, 0.717) is 16.3 Å². The third-order valence-electron chi connectivity index (χ3n) is 3.23. The molecule has 0 heterocycles. The van der Waals surface area contributed by atoms with Crippen LogP contribution in [0.15, 0.2) is 42.5 Å². The number of rotatable bonds is 6. The number of halogens is 2. The van der Waals surface area contributed by atoms with Gasteiger partial charge in [0, 0.05) is 5.02 Å². The summed E-state index contributed by atoms with van der Waals surface area (Å²) in [4.78, 5) is 35.3. The SMILES string of the molecule is CCOC(=O)c1ccc(OCC(=O)NNC(=O)c2ccc(Cl)cc2Cl)cc1. The lowest BCUT2D eigenvalue weighted by atomic mass is 10.2. The third-order valence-corrected chi connectivity index (χ3v) is 3.77. The van der Waals surface area contributed by atoms with Crippen LogP contribution in [0.2, 0.25) is 10.0 Å². The molecule has 27 heavy (non-hydrogen) atoms. The second kappa shape index (κ2) is 9.80. The summed E-state index contributed by atoms with van der Waals surface area (Å²) in [6.07, 6.45) is 0. The highest BCUT2D eigenvalue weighted by Crippen LogP contribution is 2.20. The molecule has 0 aliphatic heterocycles. The Balaban J connectivity index is 1.80. The molecule has 2 rings (SSSR count). The minimum atomic E-state index is -0.594. The van der Waals surface area contributed by atoms with Crippen LogP contribution in [0.4, 0.5) is 0 Å². The number of carbonyl (C=O) groups is 3. The maximum Gasteiger partial charge on any atom is 0.338 e. The van der Waals surface area contributed by atoms with Gasteiger partial charge in [-0.05, 0) is 49.4 Å². The van der Waals surface area contributed by atoms with E-state index in [1.807, 2.05) is 0 Å². The van der Waals surface area contributed by atoms with E-state index in [2.05, 4.69) is 10.9 Å². The van der Waals surface area contributed by atoms with E-state index < -0.39 is 17.8 Å². The van der Waals surface area contributed by atoms with E-state index in [0.717, 1.165) is 0 Å². The van der Waals surface area contributed by atoms with Crippen LogP contribution in [0.3, 0.4) is 0 Å². The van der Waals surface area contributed by atoms with Gasteiger partial charge in [-0.25, -0.2) is 4.79 Å². The molecule has 0 aliphatic rings. The lowest BCUT2D eigenvalue weighted by molar-refractivity contribution is -0.123. The number of esters is 1. The average molecular weight is 411 g/mol. The predicted octanol–water partition coefficient (Wildman–Crippen LogP) is 3.01. The summed E-state index contributed by atoms with van der Waals surface area (Å²) in [5.41, 5.74) is 4.98. The van der Waals surface area contributed by atoms with Crippen LogP contribution in [0.25, 0.3) is 0 Å². The molecule has 0 bridgehead atoms. The Kier molecular flexibility index (Phi) is 7.45. The standard InChI is InChI=1S/C18H16Cl2N2O5/c1-2-26-18(25)11-3-6-13(7-4-11)27-10-16(23)21-22-17(24)14-8-5-12(19)9-15(14)20/h3-9H,2,10H2,1H3,(H,21,23)(H,22,24). The Hall–Kier alpha value is -2.77. The summed E-state index contributed by atoms with van der Waals surface area (Å²) in [6.45, 7) is 1.66. The zero-order valence-corrected chi connectivity index (χ0v) is 15.8. The van der Waals surface area contributed by atoms with Gasteiger partial charge in [0.1, 0.15) is 5.75 Å². The molecule has 0 aromatic heterocycles. The second-order valence-electron chi connectivity index (χ2n) is 5.16. The molecule has 7 nitrogen and oxygen atoms in total. The van der Waals surface area contributed by atoms with Crippen LogP contribution in [0.5, 0.6) is 5.75 Å². The van der Waals surface area contributed by atoms with Crippen molar-refractivity contribution < 1.29 is 23.9 Å². The number of hydrazine groups is 1. The molecule has 0 aliphatic carbocycles. The van der Waals surface area contributed by atoms with Crippen molar-refractivity contribution in [3.63, 3.8) is 0 Å². The first-order valence-corrected chi connectivity index (χ1v) is 8.60. The Bertz CT molecular complexity index is 840. The number of nitrogens with one attached hydrogen (secondary N) is 2. The molecule has 142 valence electrons. The number of carbonyl (C=O) groups excluding carboxylic acids is 3. The van der Waals surface area contributed by atoms with Crippen molar-refractivity contribution in [3.8, 4) is 5.75 Å². The smallest absolute Gasteiger partial charge is 0.338 e. The molecule has 0 saturated heterocycles. The summed E-state index contributed by atoms with van der Waals surface area (Å²) < 4.78 is 10.2. The maximum atomic E-state index is 12.0. The van der Waals surface area contributed by atoms with Crippen LogP contribution in [0.1, 0.15) is 27.6 Å².